The van der Waals surface area contributed by atoms with E-state index in [0.29, 0.717) is 22.8 Å². The molecule has 0 radical (unpaired) electrons. The number of hydrogen-bond acceptors (Lipinski definition) is 6. The smallest absolute Gasteiger partial charge is 0.305 e. The number of amides is 2. The third-order valence-corrected chi connectivity index (χ3v) is 4.70. The van der Waals surface area contributed by atoms with E-state index >= 15 is 0 Å². The molecule has 8 heteroatoms. The Morgan fingerprint density at radius 2 is 1.85 bits per heavy atom. The van der Waals surface area contributed by atoms with E-state index in [1.165, 1.54) is 18.4 Å². The highest BCUT2D eigenvalue weighted by atomic mass is 32.1. The first-order valence-electron chi connectivity index (χ1n) is 8.11. The maximum atomic E-state index is 12.5. The number of carbonyl (C=O) groups excluding carboxylic acids is 3. The lowest BCUT2D eigenvalue weighted by Gasteiger charge is -2.10. The van der Waals surface area contributed by atoms with Crippen LogP contribution in [0, 0.1) is 13.8 Å². The number of esters is 1. The van der Waals surface area contributed by atoms with Gasteiger partial charge in [-0.05, 0) is 32.4 Å². The minimum absolute atomic E-state index is 0.163. The van der Waals surface area contributed by atoms with E-state index in [4.69, 9.17) is 0 Å². The van der Waals surface area contributed by atoms with Gasteiger partial charge in [0.15, 0.2) is 5.13 Å². The number of para-hydroxylation sites is 1. The number of aryl methyl sites for hydroxylation is 2. The molecule has 26 heavy (non-hydrogen) atoms. The van der Waals surface area contributed by atoms with Crippen molar-refractivity contribution in [3.63, 3.8) is 0 Å². The van der Waals surface area contributed by atoms with E-state index in [-0.39, 0.29) is 30.6 Å². The van der Waals surface area contributed by atoms with Gasteiger partial charge in [-0.1, -0.05) is 12.1 Å². The molecular formula is C18H21N3O4S. The molecule has 0 saturated carbocycles. The van der Waals surface area contributed by atoms with Gasteiger partial charge in [-0.3, -0.25) is 19.7 Å². The van der Waals surface area contributed by atoms with Crippen LogP contribution in [0.1, 0.15) is 40.2 Å². The lowest BCUT2D eigenvalue weighted by Crippen LogP contribution is -2.18. The van der Waals surface area contributed by atoms with Crippen LogP contribution in [0.25, 0.3) is 0 Å². The summed E-state index contributed by atoms with van der Waals surface area (Å²) in [6.07, 6.45) is 0.718. The van der Waals surface area contributed by atoms with Gasteiger partial charge in [0.25, 0.3) is 5.91 Å². The van der Waals surface area contributed by atoms with Crippen molar-refractivity contribution in [2.24, 2.45) is 0 Å². The van der Waals surface area contributed by atoms with E-state index in [2.05, 4.69) is 20.4 Å². The highest BCUT2D eigenvalue weighted by molar-refractivity contribution is 7.15. The number of ether oxygens (including phenoxy) is 1. The van der Waals surface area contributed by atoms with Crippen LogP contribution in [0.2, 0.25) is 0 Å². The number of thiazole rings is 1. The number of benzene rings is 1. The summed E-state index contributed by atoms with van der Waals surface area (Å²) in [6, 6.07) is 6.75. The van der Waals surface area contributed by atoms with Crippen molar-refractivity contribution >= 4 is 39.9 Å². The van der Waals surface area contributed by atoms with Crippen LogP contribution in [0.3, 0.4) is 0 Å². The lowest BCUT2D eigenvalue weighted by atomic mass is 10.1. The molecule has 2 rings (SSSR count). The van der Waals surface area contributed by atoms with Crippen LogP contribution in [-0.4, -0.2) is 29.9 Å². The second kappa shape index (κ2) is 9.10. The van der Waals surface area contributed by atoms with Crippen LogP contribution in [0.4, 0.5) is 10.8 Å². The molecule has 0 aliphatic carbocycles. The van der Waals surface area contributed by atoms with Crippen molar-refractivity contribution in [2.45, 2.75) is 33.1 Å². The van der Waals surface area contributed by atoms with Crippen LogP contribution < -0.4 is 10.6 Å². The van der Waals surface area contributed by atoms with Gasteiger partial charge in [0.05, 0.1) is 24.1 Å². The van der Waals surface area contributed by atoms with Gasteiger partial charge < -0.3 is 10.1 Å². The molecule has 0 spiro atoms. The predicted octanol–water partition coefficient (Wildman–Crippen LogP) is 3.29. The highest BCUT2D eigenvalue weighted by Crippen LogP contribution is 2.23. The fourth-order valence-electron chi connectivity index (χ4n) is 2.19. The van der Waals surface area contributed by atoms with E-state index < -0.39 is 0 Å². The zero-order chi connectivity index (χ0) is 19.1. The summed E-state index contributed by atoms with van der Waals surface area (Å²) in [4.78, 5) is 41.0. The Hall–Kier alpha value is -2.74. The van der Waals surface area contributed by atoms with Crippen molar-refractivity contribution in [3.8, 4) is 0 Å². The first-order chi connectivity index (χ1) is 12.4. The SMILES string of the molecule is COC(=O)CCCC(=O)Nc1ccccc1C(=O)Nc1nc(C)c(C)s1. The van der Waals surface area contributed by atoms with Crippen LogP contribution in [0.15, 0.2) is 24.3 Å². The Morgan fingerprint density at radius 1 is 1.12 bits per heavy atom. The van der Waals surface area contributed by atoms with Crippen molar-refractivity contribution < 1.29 is 19.1 Å². The zero-order valence-corrected chi connectivity index (χ0v) is 15.7. The fraction of sp³-hybridized carbons (Fsp3) is 0.333. The first kappa shape index (κ1) is 19.6. The monoisotopic (exact) mass is 375 g/mol. The average Bonchev–Trinajstić information content (AvgIpc) is 2.92. The molecule has 2 aromatic rings. The Bertz CT molecular complexity index is 797. The Labute approximate surface area is 155 Å². The topological polar surface area (TPSA) is 97.4 Å². The van der Waals surface area contributed by atoms with Gasteiger partial charge in [0.1, 0.15) is 0 Å². The average molecular weight is 375 g/mol. The lowest BCUT2D eigenvalue weighted by molar-refractivity contribution is -0.140. The maximum Gasteiger partial charge on any atom is 0.305 e. The third kappa shape index (κ3) is 5.38. The Morgan fingerprint density at radius 3 is 2.50 bits per heavy atom. The number of anilines is 2. The summed E-state index contributed by atoms with van der Waals surface area (Å²) in [5, 5.41) is 5.99. The van der Waals surface area contributed by atoms with E-state index in [9.17, 15) is 14.4 Å². The molecule has 0 fully saturated rings. The van der Waals surface area contributed by atoms with Gasteiger partial charge in [-0.2, -0.15) is 0 Å². The summed E-state index contributed by atoms with van der Waals surface area (Å²) in [5.74, 6) is -0.967. The largest absolute Gasteiger partial charge is 0.469 e. The van der Waals surface area contributed by atoms with Gasteiger partial charge in [0.2, 0.25) is 5.91 Å². The molecule has 0 bridgehead atoms. The summed E-state index contributed by atoms with van der Waals surface area (Å²) in [6.45, 7) is 3.81. The second-order valence-corrected chi connectivity index (χ2v) is 6.84. The quantitative estimate of drug-likeness (QED) is 0.724. The standard InChI is InChI=1S/C18H21N3O4S/c1-11-12(2)26-18(19-11)21-17(24)13-7-4-5-8-14(13)20-15(22)9-6-10-16(23)25-3/h4-5,7-8H,6,9-10H2,1-3H3,(H,20,22)(H,19,21,24). The number of methoxy groups -OCH3 is 1. The molecule has 0 atom stereocenters. The molecule has 0 aliphatic rings. The molecule has 0 unspecified atom stereocenters. The number of carbonyl (C=O) groups is 3. The van der Waals surface area contributed by atoms with Gasteiger partial charge in [0, 0.05) is 17.7 Å². The molecule has 7 nitrogen and oxygen atoms in total. The molecule has 138 valence electrons. The number of aromatic nitrogens is 1. The minimum Gasteiger partial charge on any atom is -0.469 e. The molecule has 2 N–H and O–H groups in total. The molecule has 0 saturated heterocycles. The van der Waals surface area contributed by atoms with Crippen LogP contribution >= 0.6 is 11.3 Å². The number of hydrogen-bond donors (Lipinski definition) is 2. The molecule has 2 amide bonds. The predicted molar refractivity (Wildman–Crippen MR) is 100 cm³/mol. The second-order valence-electron chi connectivity index (χ2n) is 5.64. The van der Waals surface area contributed by atoms with Gasteiger partial charge in [-0.15, -0.1) is 11.3 Å². The third-order valence-electron chi connectivity index (χ3n) is 3.71. The fourth-order valence-corrected chi connectivity index (χ4v) is 3.00. The van der Waals surface area contributed by atoms with E-state index in [1.54, 1.807) is 24.3 Å². The number of nitrogens with zero attached hydrogens (tertiary/aromatic N) is 1. The molecule has 1 heterocycles. The number of rotatable bonds is 7. The summed E-state index contributed by atoms with van der Waals surface area (Å²) in [5.41, 5.74) is 1.63. The summed E-state index contributed by atoms with van der Waals surface area (Å²) >= 11 is 1.40. The van der Waals surface area contributed by atoms with Gasteiger partial charge >= 0.3 is 5.97 Å². The molecule has 1 aromatic carbocycles. The number of nitrogens with one attached hydrogen (secondary N) is 2. The maximum absolute atomic E-state index is 12.5. The van der Waals surface area contributed by atoms with Gasteiger partial charge in [-0.25, -0.2) is 4.98 Å². The molecule has 1 aromatic heterocycles. The normalized spacial score (nSPS) is 10.3. The zero-order valence-electron chi connectivity index (χ0n) is 14.9. The Kier molecular flexibility index (Phi) is 6.85. The van der Waals surface area contributed by atoms with Crippen molar-refractivity contribution in [2.75, 3.05) is 17.7 Å². The Balaban J connectivity index is 2.01. The first-order valence-corrected chi connectivity index (χ1v) is 8.93. The van der Waals surface area contributed by atoms with Crippen LogP contribution in [0.5, 0.6) is 0 Å². The van der Waals surface area contributed by atoms with Crippen LogP contribution in [-0.2, 0) is 14.3 Å². The highest BCUT2D eigenvalue weighted by Gasteiger charge is 2.15. The molecular weight excluding hydrogens is 354 g/mol. The van der Waals surface area contributed by atoms with E-state index in [0.717, 1.165) is 10.6 Å². The minimum atomic E-state index is -0.355. The van der Waals surface area contributed by atoms with Crippen molar-refractivity contribution in [1.82, 2.24) is 4.98 Å². The van der Waals surface area contributed by atoms with Crippen molar-refractivity contribution in [1.29, 1.82) is 0 Å². The van der Waals surface area contributed by atoms with Crippen molar-refractivity contribution in [3.05, 3.63) is 40.4 Å². The summed E-state index contributed by atoms with van der Waals surface area (Å²) < 4.78 is 4.54. The molecule has 0 aliphatic heterocycles. The summed E-state index contributed by atoms with van der Waals surface area (Å²) in [7, 11) is 1.31. The van der Waals surface area contributed by atoms with E-state index in [1.807, 2.05) is 13.8 Å².